The lowest BCUT2D eigenvalue weighted by atomic mass is 10.2. The van der Waals surface area contributed by atoms with E-state index in [4.69, 9.17) is 14.2 Å². The predicted molar refractivity (Wildman–Crippen MR) is 76.7 cm³/mol. The van der Waals surface area contributed by atoms with E-state index >= 15 is 0 Å². The molecule has 0 amide bonds. The van der Waals surface area contributed by atoms with Gasteiger partial charge in [-0.1, -0.05) is 24.6 Å². The van der Waals surface area contributed by atoms with Crippen molar-refractivity contribution < 1.29 is 27.4 Å². The molecule has 2 aliphatic heterocycles. The van der Waals surface area contributed by atoms with Crippen molar-refractivity contribution in [3.8, 4) is 0 Å². The summed E-state index contributed by atoms with van der Waals surface area (Å²) in [5, 5.41) is 0. The summed E-state index contributed by atoms with van der Waals surface area (Å²) in [7, 11) is -3.75. The van der Waals surface area contributed by atoms with Crippen molar-refractivity contribution in [1.82, 2.24) is 0 Å². The van der Waals surface area contributed by atoms with Crippen LogP contribution in [0.1, 0.15) is 25.8 Å². The molecule has 4 atom stereocenters. The molecule has 1 aromatic rings. The lowest BCUT2D eigenvalue weighted by molar-refractivity contribution is -0.190. The van der Waals surface area contributed by atoms with Gasteiger partial charge in [0.25, 0.3) is 0 Å². The fourth-order valence-corrected chi connectivity index (χ4v) is 5.00. The molecule has 7 heteroatoms. The van der Waals surface area contributed by atoms with Crippen molar-refractivity contribution in [2.45, 2.75) is 55.5 Å². The second-order valence-corrected chi connectivity index (χ2v) is 7.70. The number of carbonyl (C=O) groups excluding carboxylic acids is 1. The van der Waals surface area contributed by atoms with E-state index in [-0.39, 0.29) is 4.90 Å². The van der Waals surface area contributed by atoms with Gasteiger partial charge in [0.15, 0.2) is 6.10 Å². The van der Waals surface area contributed by atoms with Gasteiger partial charge in [0, 0.05) is 6.92 Å². The molecule has 3 rings (SSSR count). The molecule has 1 unspecified atom stereocenters. The van der Waals surface area contributed by atoms with Crippen LogP contribution in [0.4, 0.5) is 0 Å². The summed E-state index contributed by atoms with van der Waals surface area (Å²) in [5.74, 6) is -0.529. The highest BCUT2D eigenvalue weighted by molar-refractivity contribution is 7.93. The molecule has 2 fully saturated rings. The van der Waals surface area contributed by atoms with E-state index in [9.17, 15) is 13.2 Å². The number of rotatable bonds is 4. The zero-order chi connectivity index (χ0) is 16.1. The molecule has 0 radical (unpaired) electrons. The average molecular weight is 326 g/mol. The minimum atomic E-state index is -3.75. The highest BCUT2D eigenvalue weighted by atomic mass is 32.2. The third-order valence-electron chi connectivity index (χ3n) is 4.05. The molecule has 0 spiro atoms. The predicted octanol–water partition coefficient (Wildman–Crippen LogP) is 1.56. The molecule has 6 nitrogen and oxygen atoms in total. The van der Waals surface area contributed by atoms with E-state index in [1.807, 2.05) is 13.8 Å². The first-order valence-corrected chi connectivity index (χ1v) is 8.63. The first kappa shape index (κ1) is 15.5. The zero-order valence-electron chi connectivity index (χ0n) is 12.6. The van der Waals surface area contributed by atoms with Gasteiger partial charge in [-0.2, -0.15) is 0 Å². The Balaban J connectivity index is 1.96. The monoisotopic (exact) mass is 326 g/mol. The molecule has 22 heavy (non-hydrogen) atoms. The lowest BCUT2D eigenvalue weighted by Gasteiger charge is -2.20. The van der Waals surface area contributed by atoms with Crippen molar-refractivity contribution in [2.24, 2.45) is 0 Å². The second kappa shape index (κ2) is 5.04. The Hall–Kier alpha value is -1.44. The fourth-order valence-electron chi connectivity index (χ4n) is 2.92. The molecule has 120 valence electrons. The number of sulfone groups is 1. The molecule has 0 aromatic heterocycles. The van der Waals surface area contributed by atoms with Crippen LogP contribution in [0.5, 0.6) is 0 Å². The molecule has 1 aromatic carbocycles. The van der Waals surface area contributed by atoms with Crippen LogP contribution in [0, 0.1) is 6.92 Å². The Kier molecular flexibility index (Phi) is 3.54. The Labute approximate surface area is 129 Å². The van der Waals surface area contributed by atoms with E-state index in [0.717, 1.165) is 5.56 Å². The normalized spacial score (nSPS) is 33.3. The maximum atomic E-state index is 13.0. The van der Waals surface area contributed by atoms with Crippen molar-refractivity contribution in [3.05, 3.63) is 29.8 Å². The van der Waals surface area contributed by atoms with Crippen molar-refractivity contribution in [2.75, 3.05) is 0 Å². The molecule has 0 bridgehead atoms. The van der Waals surface area contributed by atoms with Gasteiger partial charge < -0.3 is 14.2 Å². The molecular weight excluding hydrogens is 308 g/mol. The summed E-state index contributed by atoms with van der Waals surface area (Å²) in [6.07, 6.45) is -1.96. The summed E-state index contributed by atoms with van der Waals surface area (Å²) in [4.78, 5) is 9.85. The van der Waals surface area contributed by atoms with E-state index in [0.29, 0.717) is 6.42 Å². The maximum Gasteiger partial charge on any atom is 0.305 e. The van der Waals surface area contributed by atoms with Gasteiger partial charge in [0.05, 0.1) is 4.90 Å². The van der Waals surface area contributed by atoms with E-state index in [2.05, 4.69) is 0 Å². The number of fused-ring (bicyclic) bond motifs is 1. The van der Waals surface area contributed by atoms with Crippen LogP contribution in [-0.2, 0) is 28.8 Å². The summed E-state index contributed by atoms with van der Waals surface area (Å²) < 4.78 is 42.0. The van der Waals surface area contributed by atoms with Crippen molar-refractivity contribution >= 4 is 15.8 Å². The molecule has 0 saturated carbocycles. The number of carbonyl (C=O) groups is 1. The van der Waals surface area contributed by atoms with Gasteiger partial charge >= 0.3 is 5.97 Å². The van der Waals surface area contributed by atoms with Crippen LogP contribution in [0.15, 0.2) is 29.2 Å². The van der Waals surface area contributed by atoms with Crippen molar-refractivity contribution in [1.29, 1.82) is 0 Å². The van der Waals surface area contributed by atoms with E-state index in [1.165, 1.54) is 6.92 Å². The highest BCUT2D eigenvalue weighted by Crippen LogP contribution is 2.56. The van der Waals surface area contributed by atoms with Gasteiger partial charge in [0.1, 0.15) is 6.10 Å². The number of esters is 1. The third-order valence-corrected chi connectivity index (χ3v) is 6.37. The number of benzene rings is 1. The first-order chi connectivity index (χ1) is 10.3. The van der Waals surface area contributed by atoms with Gasteiger partial charge in [0.2, 0.25) is 21.1 Å². The standard InChI is InChI=1S/C15H18O6S/c1-4-12-15(13(21-15)14(20-12)19-10(3)16)22(17,18)11-7-5-9(2)6-8-11/h5-8,12-14H,4H2,1-3H3/t12-,13+,14?,15+/m1/s1. The van der Waals surface area contributed by atoms with Crippen LogP contribution in [0.2, 0.25) is 0 Å². The summed E-state index contributed by atoms with van der Waals surface area (Å²) in [6, 6.07) is 6.59. The number of hydrogen-bond acceptors (Lipinski definition) is 6. The number of epoxide rings is 1. The zero-order valence-corrected chi connectivity index (χ0v) is 13.4. The quantitative estimate of drug-likeness (QED) is 0.617. The van der Waals surface area contributed by atoms with Crippen LogP contribution in [-0.4, -0.2) is 37.8 Å². The van der Waals surface area contributed by atoms with Gasteiger partial charge in [-0.25, -0.2) is 8.42 Å². The molecule has 2 saturated heterocycles. The van der Waals surface area contributed by atoms with E-state index in [1.54, 1.807) is 24.3 Å². The first-order valence-electron chi connectivity index (χ1n) is 7.14. The van der Waals surface area contributed by atoms with Gasteiger partial charge in [-0.05, 0) is 25.5 Å². The van der Waals surface area contributed by atoms with Crippen molar-refractivity contribution in [3.63, 3.8) is 0 Å². The highest BCUT2D eigenvalue weighted by Gasteiger charge is 2.79. The molecule has 0 aliphatic carbocycles. The minimum Gasteiger partial charge on any atom is -0.433 e. The Bertz CT molecular complexity index is 695. The Morgan fingerprint density at radius 1 is 1.32 bits per heavy atom. The fraction of sp³-hybridized carbons (Fsp3) is 0.533. The third kappa shape index (κ3) is 2.07. The summed E-state index contributed by atoms with van der Waals surface area (Å²) in [5.41, 5.74) is 0.970. The van der Waals surface area contributed by atoms with Crippen LogP contribution >= 0.6 is 0 Å². The summed E-state index contributed by atoms with van der Waals surface area (Å²) in [6.45, 7) is 4.95. The van der Waals surface area contributed by atoms with Crippen LogP contribution in [0.3, 0.4) is 0 Å². The molecule has 2 heterocycles. The van der Waals surface area contributed by atoms with Crippen LogP contribution in [0.25, 0.3) is 0 Å². The largest absolute Gasteiger partial charge is 0.433 e. The second-order valence-electron chi connectivity index (χ2n) is 5.59. The van der Waals surface area contributed by atoms with Gasteiger partial charge in [-0.15, -0.1) is 0 Å². The number of ether oxygens (including phenoxy) is 3. The summed E-state index contributed by atoms with van der Waals surface area (Å²) >= 11 is 0. The SMILES string of the molecule is CC[C@H]1OC(OC(C)=O)[C@@H]2O[C@]12S(=O)(=O)c1ccc(C)cc1. The molecular formula is C15H18O6S. The smallest absolute Gasteiger partial charge is 0.305 e. The molecule has 2 aliphatic rings. The number of aryl methyl sites for hydroxylation is 1. The van der Waals surface area contributed by atoms with Crippen LogP contribution < -0.4 is 0 Å². The number of hydrogen-bond donors (Lipinski definition) is 0. The topological polar surface area (TPSA) is 82.2 Å². The van der Waals surface area contributed by atoms with Gasteiger partial charge in [-0.3, -0.25) is 4.79 Å². The maximum absolute atomic E-state index is 13.0. The Morgan fingerprint density at radius 2 is 1.95 bits per heavy atom. The Morgan fingerprint density at radius 3 is 2.50 bits per heavy atom. The molecule has 0 N–H and O–H groups in total. The minimum absolute atomic E-state index is 0.186. The van der Waals surface area contributed by atoms with E-state index < -0.39 is 39.2 Å². The lowest BCUT2D eigenvalue weighted by Crippen LogP contribution is -2.36. The average Bonchev–Trinajstić information content (AvgIpc) is 3.14.